The van der Waals surface area contributed by atoms with Crippen molar-refractivity contribution in [2.75, 3.05) is 25.1 Å². The SMILES string of the molecule is COC(=O)c1cc(F)c(N2CCC[C@H](N)C2)c2c1CC(C)=C2C. The third-order valence-electron chi connectivity index (χ3n) is 5.00. The second-order valence-electron chi connectivity index (χ2n) is 6.53. The Labute approximate surface area is 136 Å². The van der Waals surface area contributed by atoms with E-state index in [9.17, 15) is 9.18 Å². The Balaban J connectivity index is 2.17. The summed E-state index contributed by atoms with van der Waals surface area (Å²) in [7, 11) is 1.33. The van der Waals surface area contributed by atoms with E-state index >= 15 is 0 Å². The summed E-state index contributed by atoms with van der Waals surface area (Å²) in [5.41, 5.74) is 11.0. The number of hydrogen-bond donors (Lipinski definition) is 1. The monoisotopic (exact) mass is 318 g/mol. The second-order valence-corrected chi connectivity index (χ2v) is 6.53. The van der Waals surface area contributed by atoms with Crippen LogP contribution in [0.25, 0.3) is 5.57 Å². The predicted molar refractivity (Wildman–Crippen MR) is 89.1 cm³/mol. The number of nitrogens with two attached hydrogens (primary N) is 1. The van der Waals surface area contributed by atoms with E-state index < -0.39 is 5.97 Å². The van der Waals surface area contributed by atoms with E-state index in [0.29, 0.717) is 24.2 Å². The van der Waals surface area contributed by atoms with Crippen LogP contribution in [-0.2, 0) is 11.2 Å². The van der Waals surface area contributed by atoms with Crippen LogP contribution in [0, 0.1) is 5.82 Å². The lowest BCUT2D eigenvalue weighted by Gasteiger charge is -2.34. The number of carbonyl (C=O) groups excluding carboxylic acids is 1. The summed E-state index contributed by atoms with van der Waals surface area (Å²) in [6, 6.07) is 1.39. The van der Waals surface area contributed by atoms with Crippen LogP contribution in [0.1, 0.15) is 48.2 Å². The van der Waals surface area contributed by atoms with Crippen molar-refractivity contribution in [1.82, 2.24) is 0 Å². The topological polar surface area (TPSA) is 55.6 Å². The quantitative estimate of drug-likeness (QED) is 0.852. The minimum absolute atomic E-state index is 0.0610. The zero-order valence-electron chi connectivity index (χ0n) is 13.9. The van der Waals surface area contributed by atoms with E-state index in [-0.39, 0.29) is 11.9 Å². The van der Waals surface area contributed by atoms with Crippen molar-refractivity contribution in [3.05, 3.63) is 34.1 Å². The number of methoxy groups -OCH3 is 1. The maximum atomic E-state index is 14.9. The first-order chi connectivity index (χ1) is 10.9. The lowest BCUT2D eigenvalue weighted by atomic mass is 9.95. The molecular formula is C18H23FN2O2. The number of nitrogens with zero attached hydrogens (tertiary/aromatic N) is 1. The van der Waals surface area contributed by atoms with Crippen molar-refractivity contribution < 1.29 is 13.9 Å². The smallest absolute Gasteiger partial charge is 0.338 e. The molecule has 5 heteroatoms. The van der Waals surface area contributed by atoms with E-state index in [1.165, 1.54) is 18.7 Å². The van der Waals surface area contributed by atoms with E-state index in [1.807, 2.05) is 18.7 Å². The first-order valence-electron chi connectivity index (χ1n) is 8.05. The van der Waals surface area contributed by atoms with Crippen molar-refractivity contribution in [2.45, 2.75) is 39.2 Å². The van der Waals surface area contributed by atoms with Gasteiger partial charge in [-0.3, -0.25) is 0 Å². The molecule has 1 aliphatic heterocycles. The second kappa shape index (κ2) is 5.96. The van der Waals surface area contributed by atoms with E-state index in [2.05, 4.69) is 0 Å². The molecule has 124 valence electrons. The van der Waals surface area contributed by atoms with Crippen molar-refractivity contribution in [2.24, 2.45) is 5.73 Å². The van der Waals surface area contributed by atoms with E-state index in [4.69, 9.17) is 10.5 Å². The van der Waals surface area contributed by atoms with Crippen molar-refractivity contribution >= 4 is 17.2 Å². The number of piperidine rings is 1. The first-order valence-corrected chi connectivity index (χ1v) is 8.05. The zero-order chi connectivity index (χ0) is 16.7. The van der Waals surface area contributed by atoms with E-state index in [0.717, 1.165) is 36.1 Å². The van der Waals surface area contributed by atoms with Crippen LogP contribution in [-0.4, -0.2) is 32.2 Å². The molecule has 3 rings (SSSR count). The van der Waals surface area contributed by atoms with Gasteiger partial charge in [0.25, 0.3) is 0 Å². The van der Waals surface area contributed by atoms with Gasteiger partial charge in [-0.05, 0) is 50.3 Å². The molecule has 0 bridgehead atoms. The third kappa shape index (κ3) is 2.63. The number of rotatable bonds is 2. The lowest BCUT2D eigenvalue weighted by molar-refractivity contribution is 0.0599. The van der Waals surface area contributed by atoms with Gasteiger partial charge in [-0.25, -0.2) is 9.18 Å². The average molecular weight is 318 g/mol. The van der Waals surface area contributed by atoms with Gasteiger partial charge in [0.15, 0.2) is 0 Å². The molecule has 0 saturated carbocycles. The molecule has 0 unspecified atom stereocenters. The molecule has 1 saturated heterocycles. The van der Waals surface area contributed by atoms with Gasteiger partial charge in [0.1, 0.15) is 5.82 Å². The summed E-state index contributed by atoms with van der Waals surface area (Å²) >= 11 is 0. The summed E-state index contributed by atoms with van der Waals surface area (Å²) in [4.78, 5) is 14.1. The molecule has 0 amide bonds. The summed E-state index contributed by atoms with van der Waals surface area (Å²) in [6.07, 6.45) is 2.59. The van der Waals surface area contributed by atoms with Crippen molar-refractivity contribution in [1.29, 1.82) is 0 Å². The predicted octanol–water partition coefficient (Wildman–Crippen LogP) is 2.89. The molecule has 2 aliphatic rings. The molecule has 1 fully saturated rings. The maximum Gasteiger partial charge on any atom is 0.338 e. The number of carbonyl (C=O) groups is 1. The highest BCUT2D eigenvalue weighted by atomic mass is 19.1. The normalized spacial score (nSPS) is 20.7. The fourth-order valence-corrected chi connectivity index (χ4v) is 3.69. The Morgan fingerprint density at radius 1 is 1.43 bits per heavy atom. The van der Waals surface area contributed by atoms with Crippen LogP contribution in [0.2, 0.25) is 0 Å². The molecule has 1 aromatic carbocycles. The number of allylic oxidation sites excluding steroid dienone is 2. The molecule has 1 atom stereocenters. The number of esters is 1. The highest BCUT2D eigenvalue weighted by molar-refractivity contribution is 5.97. The van der Waals surface area contributed by atoms with E-state index in [1.54, 1.807) is 0 Å². The van der Waals surface area contributed by atoms with Crippen LogP contribution in [0.4, 0.5) is 10.1 Å². The average Bonchev–Trinajstić information content (AvgIpc) is 2.81. The Morgan fingerprint density at radius 3 is 2.83 bits per heavy atom. The van der Waals surface area contributed by atoms with Gasteiger partial charge in [0, 0.05) is 24.7 Å². The van der Waals surface area contributed by atoms with Crippen molar-refractivity contribution in [3.63, 3.8) is 0 Å². The molecule has 23 heavy (non-hydrogen) atoms. The van der Waals surface area contributed by atoms with Crippen LogP contribution >= 0.6 is 0 Å². The summed E-state index contributed by atoms with van der Waals surface area (Å²) < 4.78 is 19.7. The van der Waals surface area contributed by atoms with Crippen LogP contribution < -0.4 is 10.6 Å². The van der Waals surface area contributed by atoms with Gasteiger partial charge in [-0.15, -0.1) is 0 Å². The highest BCUT2D eigenvalue weighted by Gasteiger charge is 2.31. The Bertz CT molecular complexity index is 697. The van der Waals surface area contributed by atoms with Crippen molar-refractivity contribution in [3.8, 4) is 0 Å². The standard InChI is InChI=1S/C18H23FN2O2/c1-10-7-13-14(18(22)23-3)8-15(19)17(16(13)11(10)2)21-6-4-5-12(20)9-21/h8,12H,4-7,9,20H2,1-3H3/t12-/m0/s1. The largest absolute Gasteiger partial charge is 0.465 e. The molecule has 0 radical (unpaired) electrons. The molecule has 1 aromatic rings. The third-order valence-corrected chi connectivity index (χ3v) is 5.00. The maximum absolute atomic E-state index is 14.9. The Morgan fingerprint density at radius 2 is 2.17 bits per heavy atom. The van der Waals surface area contributed by atoms with Gasteiger partial charge >= 0.3 is 5.97 Å². The lowest BCUT2D eigenvalue weighted by Crippen LogP contribution is -2.43. The van der Waals surface area contributed by atoms with Gasteiger partial charge in [-0.1, -0.05) is 5.57 Å². The van der Waals surface area contributed by atoms with Gasteiger partial charge < -0.3 is 15.4 Å². The minimum atomic E-state index is -0.482. The minimum Gasteiger partial charge on any atom is -0.465 e. The fourth-order valence-electron chi connectivity index (χ4n) is 3.69. The van der Waals surface area contributed by atoms with Gasteiger partial charge in [0.05, 0.1) is 18.4 Å². The molecule has 0 aromatic heterocycles. The molecule has 1 heterocycles. The van der Waals surface area contributed by atoms with Gasteiger partial charge in [0.2, 0.25) is 0 Å². The number of ether oxygens (including phenoxy) is 1. The Hall–Kier alpha value is -1.88. The number of hydrogen-bond acceptors (Lipinski definition) is 4. The zero-order valence-corrected chi connectivity index (χ0v) is 13.9. The molecular weight excluding hydrogens is 295 g/mol. The summed E-state index contributed by atoms with van der Waals surface area (Å²) in [5.74, 6) is -0.850. The molecule has 1 aliphatic carbocycles. The number of halogens is 1. The van der Waals surface area contributed by atoms with Crippen LogP contribution in [0.15, 0.2) is 11.6 Å². The van der Waals surface area contributed by atoms with Gasteiger partial charge in [-0.2, -0.15) is 0 Å². The molecule has 2 N–H and O–H groups in total. The number of benzene rings is 1. The highest BCUT2D eigenvalue weighted by Crippen LogP contribution is 2.43. The summed E-state index contributed by atoms with van der Waals surface area (Å²) in [5, 5.41) is 0. The number of fused-ring (bicyclic) bond motifs is 1. The van der Waals surface area contributed by atoms with Crippen LogP contribution in [0.3, 0.4) is 0 Å². The number of anilines is 1. The Kier molecular flexibility index (Phi) is 4.15. The first kappa shape index (κ1) is 16.0. The molecule has 4 nitrogen and oxygen atoms in total. The van der Waals surface area contributed by atoms with Crippen LogP contribution in [0.5, 0.6) is 0 Å². The summed E-state index contributed by atoms with van der Waals surface area (Å²) in [6.45, 7) is 5.46. The molecule has 0 spiro atoms. The fraction of sp³-hybridized carbons (Fsp3) is 0.500.